The lowest BCUT2D eigenvalue weighted by Gasteiger charge is -2.01. The normalized spacial score (nSPS) is 11.2. The zero-order chi connectivity index (χ0) is 19.8. The minimum atomic E-state index is -0.331. The van der Waals surface area contributed by atoms with Gasteiger partial charge in [-0.05, 0) is 35.0 Å². The number of tetrazole rings is 1. The zero-order valence-corrected chi connectivity index (χ0v) is 15.7. The Hall–Kier alpha value is -3.72. The molecule has 2 aromatic carbocycles. The van der Waals surface area contributed by atoms with Crippen LogP contribution in [0.25, 0.3) is 32.7 Å². The van der Waals surface area contributed by atoms with Crippen LogP contribution in [0.3, 0.4) is 0 Å². The highest BCUT2D eigenvalue weighted by molar-refractivity contribution is 7.17. The maximum atomic E-state index is 13.1. The van der Waals surface area contributed by atoms with E-state index in [1.54, 1.807) is 12.1 Å². The molecular weight excluding hydrogens is 391 g/mol. The van der Waals surface area contributed by atoms with Gasteiger partial charge in [0.25, 0.3) is 5.56 Å². The predicted octanol–water partition coefficient (Wildman–Crippen LogP) is 3.49. The lowest BCUT2D eigenvalue weighted by atomic mass is 10.1. The number of nitrogens with one attached hydrogen (secondary N) is 1. The highest BCUT2D eigenvalue weighted by Crippen LogP contribution is 2.30. The quantitative estimate of drug-likeness (QED) is 0.495. The Morgan fingerprint density at radius 3 is 2.62 bits per heavy atom. The first kappa shape index (κ1) is 17.4. The van der Waals surface area contributed by atoms with Crippen molar-refractivity contribution >= 4 is 21.6 Å². The molecule has 7 nitrogen and oxygen atoms in total. The Morgan fingerprint density at radius 2 is 1.83 bits per heavy atom. The second-order valence-corrected chi connectivity index (χ2v) is 7.22. The van der Waals surface area contributed by atoms with E-state index >= 15 is 0 Å². The zero-order valence-electron chi connectivity index (χ0n) is 14.9. The van der Waals surface area contributed by atoms with Gasteiger partial charge in [-0.1, -0.05) is 30.3 Å². The molecule has 29 heavy (non-hydrogen) atoms. The molecule has 0 amide bonds. The molecule has 0 radical (unpaired) electrons. The molecule has 0 spiro atoms. The number of nitrogens with zero attached hydrogens (tertiary/aromatic N) is 5. The van der Waals surface area contributed by atoms with Gasteiger partial charge in [0.05, 0.1) is 5.39 Å². The number of halogens is 1. The van der Waals surface area contributed by atoms with E-state index in [-0.39, 0.29) is 17.9 Å². The summed E-state index contributed by atoms with van der Waals surface area (Å²) in [7, 11) is 0. The van der Waals surface area contributed by atoms with E-state index in [9.17, 15) is 9.18 Å². The first-order valence-electron chi connectivity index (χ1n) is 8.77. The van der Waals surface area contributed by atoms with Crippen LogP contribution in [0.1, 0.15) is 5.82 Å². The summed E-state index contributed by atoms with van der Waals surface area (Å²) < 4.78 is 13.1. The van der Waals surface area contributed by atoms with Gasteiger partial charge in [0.2, 0.25) is 5.82 Å². The lowest BCUT2D eigenvalue weighted by Crippen LogP contribution is -2.15. The molecule has 5 rings (SSSR count). The van der Waals surface area contributed by atoms with Crippen molar-refractivity contribution in [3.05, 3.63) is 82.0 Å². The number of thiophene rings is 1. The van der Waals surface area contributed by atoms with Gasteiger partial charge in [-0.25, -0.2) is 9.37 Å². The number of hydrogen-bond donors (Lipinski definition) is 1. The standard InChI is InChI=1S/C20H13FN6OS/c21-14-8-6-13(7-9-14)18-24-26-27(25-18)10-16-22-19(28)17-15(11-29-20(17)23-16)12-4-2-1-3-5-12/h1-9,11H,10H2,(H,22,23,28). The Bertz CT molecular complexity index is 1360. The molecule has 0 saturated carbocycles. The predicted molar refractivity (Wildman–Crippen MR) is 108 cm³/mol. The first-order valence-corrected chi connectivity index (χ1v) is 9.65. The van der Waals surface area contributed by atoms with E-state index in [1.807, 2.05) is 35.7 Å². The number of aromatic nitrogens is 6. The molecule has 0 aliphatic carbocycles. The fraction of sp³-hybridized carbons (Fsp3) is 0.0500. The number of rotatable bonds is 4. The lowest BCUT2D eigenvalue weighted by molar-refractivity contribution is 0.555. The van der Waals surface area contributed by atoms with Gasteiger partial charge < -0.3 is 4.98 Å². The van der Waals surface area contributed by atoms with E-state index in [1.165, 1.54) is 28.3 Å². The second kappa shape index (κ2) is 7.02. The monoisotopic (exact) mass is 404 g/mol. The average Bonchev–Trinajstić information content (AvgIpc) is 3.37. The van der Waals surface area contributed by atoms with E-state index in [0.717, 1.165) is 11.1 Å². The van der Waals surface area contributed by atoms with Crippen molar-refractivity contribution in [3.8, 4) is 22.5 Å². The summed E-state index contributed by atoms with van der Waals surface area (Å²) in [5.41, 5.74) is 2.29. The number of fused-ring (bicyclic) bond motifs is 1. The minimum Gasteiger partial charge on any atom is -0.308 e. The van der Waals surface area contributed by atoms with Crippen LogP contribution in [0.15, 0.2) is 64.8 Å². The molecule has 0 aliphatic rings. The molecule has 0 unspecified atom stereocenters. The van der Waals surface area contributed by atoms with Crippen molar-refractivity contribution < 1.29 is 4.39 Å². The molecule has 5 aromatic rings. The topological polar surface area (TPSA) is 89.4 Å². The van der Waals surface area contributed by atoms with Gasteiger partial charge in [0.15, 0.2) is 0 Å². The van der Waals surface area contributed by atoms with Crippen LogP contribution in [0.2, 0.25) is 0 Å². The summed E-state index contributed by atoms with van der Waals surface area (Å²) in [5, 5.41) is 14.8. The molecule has 0 bridgehead atoms. The Kier molecular flexibility index (Phi) is 4.21. The Balaban J connectivity index is 1.46. The van der Waals surface area contributed by atoms with Crippen molar-refractivity contribution in [1.29, 1.82) is 0 Å². The van der Waals surface area contributed by atoms with Gasteiger partial charge >= 0.3 is 0 Å². The number of H-pyrrole nitrogens is 1. The van der Waals surface area contributed by atoms with Crippen molar-refractivity contribution in [2.24, 2.45) is 0 Å². The summed E-state index contributed by atoms with van der Waals surface area (Å²) in [6.45, 7) is 0.165. The highest BCUT2D eigenvalue weighted by Gasteiger charge is 2.14. The Morgan fingerprint density at radius 1 is 1.03 bits per heavy atom. The molecule has 0 saturated heterocycles. The minimum absolute atomic E-state index is 0.165. The van der Waals surface area contributed by atoms with Crippen LogP contribution in [0, 0.1) is 5.82 Å². The molecule has 9 heteroatoms. The number of aromatic amines is 1. The molecule has 1 N–H and O–H groups in total. The van der Waals surface area contributed by atoms with E-state index < -0.39 is 0 Å². The third-order valence-electron chi connectivity index (χ3n) is 4.42. The van der Waals surface area contributed by atoms with Gasteiger partial charge in [0, 0.05) is 16.5 Å². The average molecular weight is 404 g/mol. The molecular formula is C20H13FN6OS. The van der Waals surface area contributed by atoms with Crippen molar-refractivity contribution in [3.63, 3.8) is 0 Å². The third-order valence-corrected chi connectivity index (χ3v) is 5.30. The molecule has 142 valence electrons. The van der Waals surface area contributed by atoms with Crippen molar-refractivity contribution in [2.45, 2.75) is 6.54 Å². The van der Waals surface area contributed by atoms with Gasteiger partial charge in [-0.3, -0.25) is 4.79 Å². The summed E-state index contributed by atoms with van der Waals surface area (Å²) in [6.07, 6.45) is 0. The first-order chi connectivity index (χ1) is 14.2. The van der Waals surface area contributed by atoms with Crippen LogP contribution < -0.4 is 5.56 Å². The fourth-order valence-electron chi connectivity index (χ4n) is 3.06. The van der Waals surface area contributed by atoms with E-state index in [2.05, 4.69) is 25.4 Å². The fourth-order valence-corrected chi connectivity index (χ4v) is 4.02. The summed E-state index contributed by atoms with van der Waals surface area (Å²) in [4.78, 5) is 22.1. The van der Waals surface area contributed by atoms with Crippen molar-refractivity contribution in [1.82, 2.24) is 30.2 Å². The molecule has 0 fully saturated rings. The number of hydrogen-bond acceptors (Lipinski definition) is 6. The molecule has 3 heterocycles. The van der Waals surface area contributed by atoms with E-state index in [4.69, 9.17) is 0 Å². The van der Waals surface area contributed by atoms with Crippen molar-refractivity contribution in [2.75, 3.05) is 0 Å². The molecule has 3 aromatic heterocycles. The summed E-state index contributed by atoms with van der Waals surface area (Å²) >= 11 is 1.42. The van der Waals surface area contributed by atoms with Crippen LogP contribution in [0.5, 0.6) is 0 Å². The summed E-state index contributed by atoms with van der Waals surface area (Å²) in [6, 6.07) is 15.6. The largest absolute Gasteiger partial charge is 0.308 e. The van der Waals surface area contributed by atoms with Gasteiger partial charge in [-0.15, -0.1) is 21.5 Å². The maximum Gasteiger partial charge on any atom is 0.260 e. The highest BCUT2D eigenvalue weighted by atomic mass is 32.1. The maximum absolute atomic E-state index is 13.1. The second-order valence-electron chi connectivity index (χ2n) is 6.36. The van der Waals surface area contributed by atoms with E-state index in [0.29, 0.717) is 27.4 Å². The van der Waals surface area contributed by atoms with Gasteiger partial charge in [0.1, 0.15) is 23.0 Å². The summed E-state index contributed by atoms with van der Waals surface area (Å²) in [5.74, 6) is 0.477. The van der Waals surface area contributed by atoms with Crippen LogP contribution in [-0.4, -0.2) is 30.2 Å². The van der Waals surface area contributed by atoms with Gasteiger partial charge in [-0.2, -0.15) is 4.80 Å². The Labute approximate surface area is 167 Å². The smallest absolute Gasteiger partial charge is 0.260 e. The third kappa shape index (κ3) is 3.32. The molecule has 0 atom stereocenters. The van der Waals surface area contributed by atoms with Crippen LogP contribution in [-0.2, 0) is 6.54 Å². The molecule has 0 aliphatic heterocycles. The SMILES string of the molecule is O=c1[nH]c(Cn2nnc(-c3ccc(F)cc3)n2)nc2scc(-c3ccccc3)c12. The van der Waals surface area contributed by atoms with Crippen LogP contribution >= 0.6 is 11.3 Å². The van der Waals surface area contributed by atoms with Crippen LogP contribution in [0.4, 0.5) is 4.39 Å². The number of benzene rings is 2.